The molecule has 0 bridgehead atoms. The molecule has 2 atom stereocenters. The van der Waals surface area contributed by atoms with Crippen LogP contribution in [0.25, 0.3) is 0 Å². The summed E-state index contributed by atoms with van der Waals surface area (Å²) in [5, 5.41) is 7.08. The molecule has 2 aliphatic rings. The quantitative estimate of drug-likeness (QED) is 0.495. The normalized spacial score (nSPS) is 31.2. The molecule has 4 heteroatoms. The van der Waals surface area contributed by atoms with Crippen molar-refractivity contribution in [1.29, 1.82) is 0 Å². The second-order valence-corrected chi connectivity index (χ2v) is 5.81. The molecule has 0 spiro atoms. The molecule has 0 aromatic carbocycles. The Morgan fingerprint density at radius 2 is 1.89 bits per heavy atom. The van der Waals surface area contributed by atoms with Gasteiger partial charge in [-0.15, -0.1) is 0 Å². The highest BCUT2D eigenvalue weighted by molar-refractivity contribution is 4.82. The van der Waals surface area contributed by atoms with Gasteiger partial charge in [0.25, 0.3) is 0 Å². The van der Waals surface area contributed by atoms with Crippen molar-refractivity contribution in [1.82, 2.24) is 15.5 Å². The van der Waals surface area contributed by atoms with Crippen molar-refractivity contribution < 1.29 is 0 Å². The Labute approximate surface area is 112 Å². The third-order valence-electron chi connectivity index (χ3n) is 4.34. The van der Waals surface area contributed by atoms with Gasteiger partial charge in [-0.25, -0.2) is 0 Å². The minimum Gasteiger partial charge on any atom is -0.326 e. The maximum atomic E-state index is 6.22. The van der Waals surface area contributed by atoms with E-state index in [-0.39, 0.29) is 0 Å². The van der Waals surface area contributed by atoms with Crippen LogP contribution in [0, 0.1) is 0 Å². The number of hydrogen-bond acceptors (Lipinski definition) is 4. The third-order valence-corrected chi connectivity index (χ3v) is 4.34. The van der Waals surface area contributed by atoms with Gasteiger partial charge in [-0.3, -0.25) is 0 Å². The van der Waals surface area contributed by atoms with Crippen molar-refractivity contribution in [3.8, 4) is 0 Å². The first-order valence-electron chi connectivity index (χ1n) is 7.78. The Morgan fingerprint density at radius 1 is 1.11 bits per heavy atom. The molecule has 0 amide bonds. The summed E-state index contributed by atoms with van der Waals surface area (Å²) in [6.45, 7) is 7.09. The first-order valence-corrected chi connectivity index (χ1v) is 7.78. The highest BCUT2D eigenvalue weighted by Crippen LogP contribution is 2.16. The Bertz CT molecular complexity index is 216. The molecule has 1 aliphatic carbocycles. The van der Waals surface area contributed by atoms with Gasteiger partial charge in [-0.05, 0) is 32.4 Å². The van der Waals surface area contributed by atoms with E-state index in [9.17, 15) is 0 Å². The van der Waals surface area contributed by atoms with Gasteiger partial charge in [0, 0.05) is 38.3 Å². The fraction of sp³-hybridized carbons (Fsp3) is 1.00. The van der Waals surface area contributed by atoms with Crippen molar-refractivity contribution in [2.75, 3.05) is 39.3 Å². The molecule has 2 fully saturated rings. The average Bonchev–Trinajstić information content (AvgIpc) is 2.61. The molecule has 2 rings (SSSR count). The van der Waals surface area contributed by atoms with Crippen LogP contribution in [0.3, 0.4) is 0 Å². The molecule has 0 aromatic heterocycles. The van der Waals surface area contributed by atoms with E-state index < -0.39 is 0 Å². The largest absolute Gasteiger partial charge is 0.326 e. The highest BCUT2D eigenvalue weighted by atomic mass is 15.2. The van der Waals surface area contributed by atoms with Gasteiger partial charge in [0.15, 0.2) is 0 Å². The van der Waals surface area contributed by atoms with Crippen molar-refractivity contribution in [2.45, 2.75) is 50.6 Å². The lowest BCUT2D eigenvalue weighted by atomic mass is 10.0. The molecule has 1 heterocycles. The topological polar surface area (TPSA) is 53.3 Å². The maximum absolute atomic E-state index is 6.22. The monoisotopic (exact) mass is 254 g/mol. The number of nitrogens with zero attached hydrogens (tertiary/aromatic N) is 1. The van der Waals surface area contributed by atoms with Crippen molar-refractivity contribution in [2.24, 2.45) is 5.73 Å². The van der Waals surface area contributed by atoms with Crippen LogP contribution in [-0.4, -0.2) is 56.3 Å². The standard InChI is InChI=1S/C14H30N4/c15-13-5-2-1-3-6-14(13)17-7-4-10-18-11-8-16-9-12-18/h13-14,16-17H,1-12,15H2. The van der Waals surface area contributed by atoms with Gasteiger partial charge >= 0.3 is 0 Å². The molecule has 1 saturated heterocycles. The van der Waals surface area contributed by atoms with Crippen molar-refractivity contribution in [3.63, 3.8) is 0 Å². The molecular formula is C14H30N4. The van der Waals surface area contributed by atoms with Crippen LogP contribution < -0.4 is 16.4 Å². The van der Waals surface area contributed by atoms with E-state index in [0.717, 1.165) is 19.6 Å². The van der Waals surface area contributed by atoms with Crippen LogP contribution in [0.1, 0.15) is 38.5 Å². The number of rotatable bonds is 5. The van der Waals surface area contributed by atoms with Crippen LogP contribution in [0.4, 0.5) is 0 Å². The summed E-state index contributed by atoms with van der Waals surface area (Å²) in [6, 6.07) is 0.946. The van der Waals surface area contributed by atoms with Gasteiger partial charge in [0.1, 0.15) is 0 Å². The van der Waals surface area contributed by atoms with E-state index in [1.807, 2.05) is 0 Å². The summed E-state index contributed by atoms with van der Waals surface area (Å²) in [6.07, 6.45) is 7.77. The molecule has 2 unspecified atom stereocenters. The first kappa shape index (κ1) is 14.3. The molecule has 0 radical (unpaired) electrons. The zero-order chi connectivity index (χ0) is 12.6. The Morgan fingerprint density at radius 3 is 2.72 bits per heavy atom. The third kappa shape index (κ3) is 4.84. The Hall–Kier alpha value is -0.160. The summed E-state index contributed by atoms with van der Waals surface area (Å²) in [5.41, 5.74) is 6.22. The molecule has 1 aliphatic heterocycles. The summed E-state index contributed by atoms with van der Waals surface area (Å²) in [7, 11) is 0. The predicted octanol–water partition coefficient (Wildman–Crippen LogP) is 0.531. The van der Waals surface area contributed by atoms with Crippen molar-refractivity contribution >= 4 is 0 Å². The smallest absolute Gasteiger partial charge is 0.0219 e. The average molecular weight is 254 g/mol. The van der Waals surface area contributed by atoms with E-state index in [1.54, 1.807) is 0 Å². The second-order valence-electron chi connectivity index (χ2n) is 5.81. The highest BCUT2D eigenvalue weighted by Gasteiger charge is 2.19. The Kier molecular flexibility index (Phi) is 6.41. The Balaban J connectivity index is 1.56. The van der Waals surface area contributed by atoms with Crippen LogP contribution >= 0.6 is 0 Å². The molecule has 18 heavy (non-hydrogen) atoms. The van der Waals surface area contributed by atoms with Gasteiger partial charge in [0.05, 0.1) is 0 Å². The van der Waals surface area contributed by atoms with Gasteiger partial charge < -0.3 is 21.3 Å². The second kappa shape index (κ2) is 8.10. The van der Waals surface area contributed by atoms with Crippen LogP contribution in [0.2, 0.25) is 0 Å². The van der Waals surface area contributed by atoms with Gasteiger partial charge in [-0.1, -0.05) is 19.3 Å². The molecule has 106 valence electrons. The van der Waals surface area contributed by atoms with Gasteiger partial charge in [0.2, 0.25) is 0 Å². The van der Waals surface area contributed by atoms with E-state index in [0.29, 0.717) is 12.1 Å². The molecular weight excluding hydrogens is 224 g/mol. The van der Waals surface area contributed by atoms with Crippen LogP contribution in [-0.2, 0) is 0 Å². The fourth-order valence-electron chi connectivity index (χ4n) is 3.11. The van der Waals surface area contributed by atoms with E-state index in [4.69, 9.17) is 5.73 Å². The molecule has 1 saturated carbocycles. The summed E-state index contributed by atoms with van der Waals surface area (Å²) >= 11 is 0. The summed E-state index contributed by atoms with van der Waals surface area (Å²) < 4.78 is 0. The lowest BCUT2D eigenvalue weighted by Crippen LogP contribution is -2.46. The van der Waals surface area contributed by atoms with Crippen molar-refractivity contribution in [3.05, 3.63) is 0 Å². The number of piperazine rings is 1. The van der Waals surface area contributed by atoms with Crippen LogP contribution in [0.5, 0.6) is 0 Å². The summed E-state index contributed by atoms with van der Waals surface area (Å²) in [4.78, 5) is 2.56. The van der Waals surface area contributed by atoms with E-state index in [2.05, 4.69) is 15.5 Å². The minimum absolute atomic E-state index is 0.381. The number of nitrogens with one attached hydrogen (secondary N) is 2. The summed E-state index contributed by atoms with van der Waals surface area (Å²) in [5.74, 6) is 0. The van der Waals surface area contributed by atoms with Crippen LogP contribution in [0.15, 0.2) is 0 Å². The minimum atomic E-state index is 0.381. The molecule has 4 nitrogen and oxygen atoms in total. The van der Waals surface area contributed by atoms with E-state index in [1.165, 1.54) is 58.2 Å². The zero-order valence-electron chi connectivity index (χ0n) is 11.7. The lowest BCUT2D eigenvalue weighted by molar-refractivity contribution is 0.235. The molecule has 0 aromatic rings. The maximum Gasteiger partial charge on any atom is 0.0219 e. The zero-order valence-corrected chi connectivity index (χ0v) is 11.7. The fourth-order valence-corrected chi connectivity index (χ4v) is 3.11. The lowest BCUT2D eigenvalue weighted by Gasteiger charge is -2.28. The van der Waals surface area contributed by atoms with E-state index >= 15 is 0 Å². The number of hydrogen-bond donors (Lipinski definition) is 3. The molecule has 4 N–H and O–H groups in total. The predicted molar refractivity (Wildman–Crippen MR) is 76.8 cm³/mol. The van der Waals surface area contributed by atoms with Gasteiger partial charge in [-0.2, -0.15) is 0 Å². The first-order chi connectivity index (χ1) is 8.86. The SMILES string of the molecule is NC1CCCCCC1NCCCN1CCNCC1. The number of nitrogens with two attached hydrogens (primary N) is 1.